The van der Waals surface area contributed by atoms with Crippen molar-refractivity contribution < 1.29 is 4.79 Å². The van der Waals surface area contributed by atoms with Crippen LogP contribution in [0, 0.1) is 11.3 Å². The van der Waals surface area contributed by atoms with Gasteiger partial charge in [-0.25, -0.2) is 0 Å². The highest BCUT2D eigenvalue weighted by molar-refractivity contribution is 5.85. The molecule has 0 saturated heterocycles. The number of hydrogen-bond acceptors (Lipinski definition) is 2. The van der Waals surface area contributed by atoms with Crippen LogP contribution in [0.4, 0.5) is 0 Å². The number of amides is 1. The monoisotopic (exact) mass is 334 g/mol. The van der Waals surface area contributed by atoms with Crippen LogP contribution >= 0.6 is 12.4 Å². The Morgan fingerprint density at radius 2 is 1.96 bits per heavy atom. The number of rotatable bonds is 4. The van der Waals surface area contributed by atoms with Crippen molar-refractivity contribution >= 4 is 18.3 Å². The molecule has 1 aromatic rings. The highest BCUT2D eigenvalue weighted by atomic mass is 35.5. The Morgan fingerprint density at radius 1 is 1.22 bits per heavy atom. The Kier molecular flexibility index (Phi) is 4.70. The minimum absolute atomic E-state index is 0. The Labute approximate surface area is 144 Å². The van der Waals surface area contributed by atoms with E-state index in [1.807, 2.05) is 0 Å². The van der Waals surface area contributed by atoms with Gasteiger partial charge in [-0.2, -0.15) is 0 Å². The van der Waals surface area contributed by atoms with Crippen molar-refractivity contribution in [3.05, 3.63) is 35.4 Å². The minimum Gasteiger partial charge on any atom is -0.352 e. The lowest BCUT2D eigenvalue weighted by Crippen LogP contribution is -2.39. The molecule has 2 saturated carbocycles. The molecule has 3 aliphatic carbocycles. The third-order valence-electron chi connectivity index (χ3n) is 6.25. The summed E-state index contributed by atoms with van der Waals surface area (Å²) >= 11 is 0. The topological polar surface area (TPSA) is 55.1 Å². The van der Waals surface area contributed by atoms with E-state index >= 15 is 0 Å². The molecule has 4 rings (SSSR count). The summed E-state index contributed by atoms with van der Waals surface area (Å²) in [7, 11) is 0. The van der Waals surface area contributed by atoms with E-state index in [1.165, 1.54) is 30.4 Å². The second-order valence-electron chi connectivity index (χ2n) is 7.63. The standard InChI is InChI=1S/C19H26N2O.ClH/c20-12-19(8-4-1-5-9-19)11-16(22)21-18-15-10-13-6-2-3-7-14(13)17(15)18;/h2-3,6-7,15,17-18H,1,4-5,8-12,20H2,(H,21,22);1H. The predicted molar refractivity (Wildman–Crippen MR) is 94.7 cm³/mol. The number of fused-ring (bicyclic) bond motifs is 3. The van der Waals surface area contributed by atoms with E-state index in [1.54, 1.807) is 0 Å². The third-order valence-corrected chi connectivity index (χ3v) is 6.25. The van der Waals surface area contributed by atoms with Gasteiger partial charge in [0.05, 0.1) is 0 Å². The SMILES string of the molecule is Cl.NCC1(CC(=O)NC2C3Cc4ccccc4C32)CCCCC1. The number of nitrogens with two attached hydrogens (primary N) is 1. The van der Waals surface area contributed by atoms with E-state index in [0.29, 0.717) is 30.8 Å². The van der Waals surface area contributed by atoms with Crippen LogP contribution in [0.3, 0.4) is 0 Å². The molecular formula is C19H27ClN2O. The molecule has 0 spiro atoms. The maximum atomic E-state index is 12.5. The summed E-state index contributed by atoms with van der Waals surface area (Å²) in [6.45, 7) is 0.654. The number of nitrogens with one attached hydrogen (secondary N) is 1. The molecule has 1 aromatic carbocycles. The zero-order valence-corrected chi connectivity index (χ0v) is 14.4. The summed E-state index contributed by atoms with van der Waals surface area (Å²) in [6, 6.07) is 9.07. The van der Waals surface area contributed by atoms with E-state index in [-0.39, 0.29) is 23.7 Å². The van der Waals surface area contributed by atoms with E-state index < -0.39 is 0 Å². The van der Waals surface area contributed by atoms with Crippen LogP contribution in [0.5, 0.6) is 0 Å². The van der Waals surface area contributed by atoms with Gasteiger partial charge in [-0.1, -0.05) is 43.5 Å². The highest BCUT2D eigenvalue weighted by Crippen LogP contribution is 2.56. The van der Waals surface area contributed by atoms with Gasteiger partial charge in [-0.05, 0) is 48.3 Å². The van der Waals surface area contributed by atoms with Crippen LogP contribution in [0.15, 0.2) is 24.3 Å². The first-order valence-electron chi connectivity index (χ1n) is 8.80. The summed E-state index contributed by atoms with van der Waals surface area (Å²) in [6.07, 6.45) is 7.76. The minimum atomic E-state index is 0. The van der Waals surface area contributed by atoms with Gasteiger partial charge in [-0.15, -0.1) is 12.4 Å². The second-order valence-corrected chi connectivity index (χ2v) is 7.63. The number of halogens is 1. The molecule has 3 N–H and O–H groups in total. The molecule has 126 valence electrons. The van der Waals surface area contributed by atoms with E-state index in [0.717, 1.165) is 19.3 Å². The van der Waals surface area contributed by atoms with Gasteiger partial charge in [0.25, 0.3) is 0 Å². The Hall–Kier alpha value is -1.06. The van der Waals surface area contributed by atoms with E-state index in [2.05, 4.69) is 29.6 Å². The average molecular weight is 335 g/mol. The summed E-state index contributed by atoms with van der Waals surface area (Å²) in [5.41, 5.74) is 9.02. The first-order chi connectivity index (χ1) is 10.7. The van der Waals surface area contributed by atoms with Gasteiger partial charge in [0.2, 0.25) is 5.91 Å². The third kappa shape index (κ3) is 3.01. The number of benzene rings is 1. The molecule has 0 aliphatic heterocycles. The van der Waals surface area contributed by atoms with Gasteiger partial charge < -0.3 is 11.1 Å². The Bertz CT molecular complexity index is 582. The van der Waals surface area contributed by atoms with E-state index in [4.69, 9.17) is 5.73 Å². The summed E-state index contributed by atoms with van der Waals surface area (Å²) < 4.78 is 0. The fourth-order valence-corrected chi connectivity index (χ4v) is 4.88. The molecule has 23 heavy (non-hydrogen) atoms. The number of hydrogen-bond donors (Lipinski definition) is 2. The first-order valence-corrected chi connectivity index (χ1v) is 8.80. The normalized spacial score (nSPS) is 29.9. The zero-order chi connectivity index (χ0) is 15.2. The largest absolute Gasteiger partial charge is 0.352 e. The molecular weight excluding hydrogens is 308 g/mol. The van der Waals surface area contributed by atoms with Crippen LogP contribution in [0.1, 0.15) is 55.6 Å². The van der Waals surface area contributed by atoms with Crippen molar-refractivity contribution in [3.63, 3.8) is 0 Å². The van der Waals surface area contributed by atoms with Crippen molar-refractivity contribution in [3.8, 4) is 0 Å². The molecule has 0 heterocycles. The molecule has 3 atom stereocenters. The summed E-state index contributed by atoms with van der Waals surface area (Å²) in [5.74, 6) is 1.44. The van der Waals surface area contributed by atoms with Gasteiger partial charge >= 0.3 is 0 Å². The van der Waals surface area contributed by atoms with E-state index in [9.17, 15) is 4.79 Å². The van der Waals surface area contributed by atoms with Gasteiger partial charge in [0.15, 0.2) is 0 Å². The average Bonchev–Trinajstić information content (AvgIpc) is 3.05. The quantitative estimate of drug-likeness (QED) is 0.888. The molecule has 3 unspecified atom stereocenters. The number of carbonyl (C=O) groups is 1. The Morgan fingerprint density at radius 3 is 2.70 bits per heavy atom. The molecule has 3 aliphatic rings. The zero-order valence-electron chi connectivity index (χ0n) is 13.6. The molecule has 2 fully saturated rings. The maximum absolute atomic E-state index is 12.5. The molecule has 0 radical (unpaired) electrons. The van der Waals surface area contributed by atoms with Crippen molar-refractivity contribution in [1.82, 2.24) is 5.32 Å². The fraction of sp³-hybridized carbons (Fsp3) is 0.632. The van der Waals surface area contributed by atoms with Crippen molar-refractivity contribution in [1.29, 1.82) is 0 Å². The van der Waals surface area contributed by atoms with Gasteiger partial charge in [-0.3, -0.25) is 4.79 Å². The van der Waals surface area contributed by atoms with Crippen LogP contribution in [0.2, 0.25) is 0 Å². The van der Waals surface area contributed by atoms with Crippen LogP contribution in [-0.2, 0) is 11.2 Å². The van der Waals surface area contributed by atoms with Crippen molar-refractivity contribution in [2.24, 2.45) is 17.1 Å². The lowest BCUT2D eigenvalue weighted by atomic mass is 9.71. The molecule has 0 bridgehead atoms. The van der Waals surface area contributed by atoms with Crippen LogP contribution in [0.25, 0.3) is 0 Å². The summed E-state index contributed by atoms with van der Waals surface area (Å²) in [4.78, 5) is 12.5. The van der Waals surface area contributed by atoms with Crippen molar-refractivity contribution in [2.75, 3.05) is 6.54 Å². The molecule has 3 nitrogen and oxygen atoms in total. The fourth-order valence-electron chi connectivity index (χ4n) is 4.88. The summed E-state index contributed by atoms with van der Waals surface area (Å²) in [5, 5.41) is 3.31. The molecule has 4 heteroatoms. The van der Waals surface area contributed by atoms with Gasteiger partial charge in [0.1, 0.15) is 0 Å². The smallest absolute Gasteiger partial charge is 0.220 e. The lowest BCUT2D eigenvalue weighted by molar-refractivity contribution is -0.124. The second kappa shape index (κ2) is 6.45. The van der Waals surface area contributed by atoms with Crippen molar-refractivity contribution in [2.45, 2.75) is 56.9 Å². The van der Waals surface area contributed by atoms with Crippen LogP contribution < -0.4 is 11.1 Å². The van der Waals surface area contributed by atoms with Crippen LogP contribution in [-0.4, -0.2) is 18.5 Å². The predicted octanol–water partition coefficient (Wildman–Crippen LogP) is 3.16. The maximum Gasteiger partial charge on any atom is 0.220 e. The number of carbonyl (C=O) groups excluding carboxylic acids is 1. The lowest BCUT2D eigenvalue weighted by Gasteiger charge is -2.35. The molecule has 0 aromatic heterocycles. The highest BCUT2D eigenvalue weighted by Gasteiger charge is 2.56. The molecule has 1 amide bonds. The van der Waals surface area contributed by atoms with Gasteiger partial charge in [0, 0.05) is 18.4 Å². The Balaban J connectivity index is 0.00000156. The first kappa shape index (κ1) is 16.8.